The van der Waals surface area contributed by atoms with Crippen LogP contribution in [0, 0.1) is 6.92 Å². The lowest BCUT2D eigenvalue weighted by Crippen LogP contribution is -2.65. The highest BCUT2D eigenvalue weighted by Gasteiger charge is 2.54. The van der Waals surface area contributed by atoms with Crippen molar-refractivity contribution < 1.29 is 0 Å². The van der Waals surface area contributed by atoms with Crippen LogP contribution in [-0.2, 0) is 10.8 Å². The van der Waals surface area contributed by atoms with E-state index in [9.17, 15) is 0 Å². The predicted molar refractivity (Wildman–Crippen MR) is 374 cm³/mol. The number of hydrogen-bond donors (Lipinski definition) is 0. The molecule has 0 aliphatic carbocycles. The Labute approximate surface area is 515 Å². The molecule has 0 spiro atoms. The SMILES string of the molecule is Cc1cc2c3c(c1)N1c4c(ccc5c4N(c4cc(N(c6ccccc6)c6ccccc6)cc6c4B5c4ccc(-c5ccccc5)cc4N6c4ccccc4)c4c(C(C)(C)C)sc(C(C)(C)C)c41)B3c1cc(-c3ccccc3)ccc1N2c1ccccc1. The molecule has 5 aliphatic heterocycles. The third-order valence-electron chi connectivity index (χ3n) is 18.6. The molecule has 0 saturated heterocycles. The molecule has 12 aromatic rings. The van der Waals surface area contributed by atoms with Crippen molar-refractivity contribution in [3.8, 4) is 22.3 Å². The van der Waals surface area contributed by atoms with Crippen molar-refractivity contribution in [1.82, 2.24) is 0 Å². The van der Waals surface area contributed by atoms with E-state index in [1.807, 2.05) is 11.3 Å². The van der Waals surface area contributed by atoms with E-state index in [1.54, 1.807) is 0 Å². The zero-order valence-corrected chi connectivity index (χ0v) is 50.9. The Kier molecular flexibility index (Phi) is 11.4. The summed E-state index contributed by atoms with van der Waals surface area (Å²) in [6, 6.07) is 95.7. The van der Waals surface area contributed by atoms with Crippen LogP contribution in [0.25, 0.3) is 22.3 Å². The van der Waals surface area contributed by atoms with Crippen molar-refractivity contribution in [3.05, 3.63) is 270 Å². The van der Waals surface area contributed by atoms with Crippen molar-refractivity contribution in [2.45, 2.75) is 59.3 Å². The number of aryl methyl sites for hydroxylation is 1. The normalized spacial score (nSPS) is 13.8. The van der Waals surface area contributed by atoms with Gasteiger partial charge >= 0.3 is 0 Å². The summed E-state index contributed by atoms with van der Waals surface area (Å²) in [5.41, 5.74) is 31.4. The number of hydrogen-bond acceptors (Lipinski definition) is 6. The highest BCUT2D eigenvalue weighted by atomic mass is 32.1. The van der Waals surface area contributed by atoms with Gasteiger partial charge < -0.3 is 24.5 Å². The molecule has 17 rings (SSSR count). The van der Waals surface area contributed by atoms with E-state index in [1.165, 1.54) is 127 Å². The van der Waals surface area contributed by atoms with E-state index in [0.717, 1.165) is 28.4 Å². The van der Waals surface area contributed by atoms with Gasteiger partial charge in [0, 0.05) is 66.6 Å². The summed E-state index contributed by atoms with van der Waals surface area (Å²) in [7, 11) is 0. The summed E-state index contributed by atoms with van der Waals surface area (Å²) in [5, 5.41) is 0. The minimum absolute atomic E-state index is 0.0939. The van der Waals surface area contributed by atoms with Gasteiger partial charge in [-0.1, -0.05) is 211 Å². The zero-order valence-electron chi connectivity index (χ0n) is 50.0. The first-order chi connectivity index (χ1) is 42.4. The summed E-state index contributed by atoms with van der Waals surface area (Å²) < 4.78 is 0. The standard InChI is InChI=1S/C79H63B2N5S/c1-50-44-66-70-67(45-50)85-73-62(81(70)63-46-53(51-26-14-8-15-27-51)39-43-64(63)83(66)57-34-22-12-23-35-57)42-41-61-72(73)86(75-74(85)76(78(2,3)4)87-77(75)79(5,6)7)69-49-59(82(55-30-18-10-19-31-55)56-32-20-11-21-33-56)48-68-71(69)80(61)60-40-38-54(52-28-16-9-17-29-52)47-65(60)84(68)58-36-24-13-25-37-58/h8-49H,1-7H3. The average Bonchev–Trinajstić information content (AvgIpc) is 1.65. The van der Waals surface area contributed by atoms with E-state index in [-0.39, 0.29) is 24.3 Å². The molecule has 6 heterocycles. The summed E-state index contributed by atoms with van der Waals surface area (Å²) >= 11 is 2.02. The number of thiophene rings is 1. The fourth-order valence-electron chi connectivity index (χ4n) is 15.0. The Bertz CT molecular complexity index is 4710. The van der Waals surface area contributed by atoms with Gasteiger partial charge in [-0.05, 0) is 163 Å². The molecule has 5 nitrogen and oxygen atoms in total. The summed E-state index contributed by atoms with van der Waals surface area (Å²) in [6.45, 7) is 16.7. The van der Waals surface area contributed by atoms with Gasteiger partial charge in [0.25, 0.3) is 13.4 Å². The van der Waals surface area contributed by atoms with E-state index >= 15 is 0 Å². The number of para-hydroxylation sites is 4. The number of rotatable bonds is 7. The van der Waals surface area contributed by atoms with Crippen LogP contribution in [-0.4, -0.2) is 13.4 Å². The van der Waals surface area contributed by atoms with Crippen LogP contribution < -0.4 is 57.3 Å². The van der Waals surface area contributed by atoms with Crippen molar-refractivity contribution in [2.24, 2.45) is 0 Å². The molecular formula is C79H63B2N5S. The second kappa shape index (κ2) is 19.1. The molecule has 5 aliphatic rings. The van der Waals surface area contributed by atoms with Crippen LogP contribution in [0.5, 0.6) is 0 Å². The van der Waals surface area contributed by atoms with Gasteiger partial charge in [0.1, 0.15) is 0 Å². The third-order valence-corrected chi connectivity index (χ3v) is 20.6. The van der Waals surface area contributed by atoms with Gasteiger partial charge in [-0.25, -0.2) is 0 Å². The maximum Gasteiger partial charge on any atom is 0.252 e. The highest BCUT2D eigenvalue weighted by Crippen LogP contribution is 2.65. The third kappa shape index (κ3) is 7.73. The Morgan fingerprint density at radius 1 is 0.310 bits per heavy atom. The second-order valence-corrected chi connectivity index (χ2v) is 27.2. The van der Waals surface area contributed by atoms with Crippen LogP contribution in [0.15, 0.2) is 255 Å². The molecule has 0 unspecified atom stereocenters. The van der Waals surface area contributed by atoms with E-state index < -0.39 is 0 Å². The first-order valence-electron chi connectivity index (χ1n) is 30.7. The zero-order chi connectivity index (χ0) is 58.6. The Balaban J connectivity index is 1.04. The van der Waals surface area contributed by atoms with Crippen molar-refractivity contribution in [1.29, 1.82) is 0 Å². The lowest BCUT2D eigenvalue weighted by molar-refractivity contribution is 0.602. The molecule has 0 amide bonds. The number of anilines is 15. The summed E-state index contributed by atoms with van der Waals surface area (Å²) in [6.07, 6.45) is 0. The Morgan fingerprint density at radius 2 is 0.701 bits per heavy atom. The van der Waals surface area contributed by atoms with Gasteiger partial charge in [-0.15, -0.1) is 11.3 Å². The first-order valence-corrected chi connectivity index (χ1v) is 31.5. The molecule has 0 saturated carbocycles. The van der Waals surface area contributed by atoms with Crippen LogP contribution in [0.4, 0.5) is 85.3 Å². The highest BCUT2D eigenvalue weighted by molar-refractivity contribution is 7.14. The quantitative estimate of drug-likeness (QED) is 0.147. The maximum atomic E-state index is 2.80. The van der Waals surface area contributed by atoms with E-state index in [0.29, 0.717) is 0 Å². The number of nitrogens with zero attached hydrogens (tertiary/aromatic N) is 5. The molecule has 416 valence electrons. The number of fused-ring (bicyclic) bond motifs is 11. The molecule has 11 aromatic carbocycles. The average molecular weight is 1140 g/mol. The lowest BCUT2D eigenvalue weighted by Gasteiger charge is -2.52. The summed E-state index contributed by atoms with van der Waals surface area (Å²) in [5.74, 6) is 0. The minimum atomic E-state index is -0.236. The molecule has 0 bridgehead atoms. The second-order valence-electron chi connectivity index (χ2n) is 26.2. The van der Waals surface area contributed by atoms with Crippen LogP contribution >= 0.6 is 11.3 Å². The van der Waals surface area contributed by atoms with E-state index in [4.69, 9.17) is 0 Å². The lowest BCUT2D eigenvalue weighted by atomic mass is 9.30. The minimum Gasteiger partial charge on any atom is -0.311 e. The van der Waals surface area contributed by atoms with Crippen molar-refractivity contribution in [3.63, 3.8) is 0 Å². The van der Waals surface area contributed by atoms with Gasteiger partial charge in [-0.3, -0.25) is 0 Å². The summed E-state index contributed by atoms with van der Waals surface area (Å²) in [4.78, 5) is 16.0. The Hall–Kier alpha value is -9.75. The van der Waals surface area contributed by atoms with E-state index in [2.05, 4.69) is 328 Å². The molecule has 0 atom stereocenters. The van der Waals surface area contributed by atoms with Crippen molar-refractivity contribution >= 4 is 143 Å². The maximum absolute atomic E-state index is 2.80. The largest absolute Gasteiger partial charge is 0.311 e. The van der Waals surface area contributed by atoms with Gasteiger partial charge in [0.15, 0.2) is 0 Å². The Morgan fingerprint density at radius 3 is 1.20 bits per heavy atom. The molecule has 0 N–H and O–H groups in total. The molecule has 8 heteroatoms. The predicted octanol–water partition coefficient (Wildman–Crippen LogP) is 17.9. The fourth-order valence-corrected chi connectivity index (χ4v) is 16.4. The van der Waals surface area contributed by atoms with Gasteiger partial charge in [0.2, 0.25) is 0 Å². The molecular weight excluding hydrogens is 1070 g/mol. The number of benzene rings is 11. The first kappa shape index (κ1) is 51.7. The smallest absolute Gasteiger partial charge is 0.252 e. The fraction of sp³-hybridized carbons (Fsp3) is 0.114. The van der Waals surface area contributed by atoms with Crippen LogP contribution in [0.1, 0.15) is 56.9 Å². The molecule has 87 heavy (non-hydrogen) atoms. The molecule has 1 aromatic heterocycles. The topological polar surface area (TPSA) is 16.2 Å². The monoisotopic (exact) mass is 1140 g/mol. The van der Waals surface area contributed by atoms with Gasteiger partial charge in [-0.2, -0.15) is 0 Å². The molecule has 0 radical (unpaired) electrons. The van der Waals surface area contributed by atoms with Crippen LogP contribution in [0.3, 0.4) is 0 Å². The van der Waals surface area contributed by atoms with Gasteiger partial charge in [0.05, 0.1) is 28.4 Å². The van der Waals surface area contributed by atoms with Crippen LogP contribution in [0.2, 0.25) is 0 Å². The van der Waals surface area contributed by atoms with Crippen molar-refractivity contribution in [2.75, 3.05) is 24.5 Å². The molecule has 0 fully saturated rings.